The Balaban J connectivity index is 2.00. The maximum absolute atomic E-state index is 4.80. The molecule has 0 atom stereocenters. The van der Waals surface area contributed by atoms with Crippen LogP contribution in [0.5, 0.6) is 0 Å². The molecule has 0 spiro atoms. The smallest absolute Gasteiger partial charge is 0.282 e. The molecule has 0 aromatic rings. The Labute approximate surface area is 52.0 Å². The summed E-state index contributed by atoms with van der Waals surface area (Å²) in [6.07, 6.45) is 3.77. The van der Waals surface area contributed by atoms with Crippen molar-refractivity contribution in [3.8, 4) is 0 Å². The van der Waals surface area contributed by atoms with Crippen molar-refractivity contribution in [1.29, 1.82) is 0 Å². The van der Waals surface area contributed by atoms with Crippen molar-refractivity contribution < 1.29 is 9.46 Å². The predicted molar refractivity (Wildman–Crippen MR) is 31.4 cm³/mol. The summed E-state index contributed by atoms with van der Waals surface area (Å²) in [7, 11) is 0.568. The average Bonchev–Trinajstić information content (AvgIpc) is 1.62. The number of hydrogen-bond acceptors (Lipinski definition) is 2. The third-order valence-electron chi connectivity index (χ3n) is 1.12. The highest BCUT2D eigenvalue weighted by atomic mass is 28.2. The molecule has 0 aromatic heterocycles. The minimum Gasteiger partial charge on any atom is -0.287 e. The highest BCUT2D eigenvalue weighted by molar-refractivity contribution is 6.26. The zero-order valence-electron chi connectivity index (χ0n) is 4.85. The third-order valence-corrected chi connectivity index (χ3v) is 1.92. The Morgan fingerprint density at radius 3 is 3.12 bits per heavy atom. The largest absolute Gasteiger partial charge is 0.287 e. The van der Waals surface area contributed by atoms with E-state index < -0.39 is 0 Å². The van der Waals surface area contributed by atoms with Gasteiger partial charge in [-0.1, -0.05) is 12.8 Å². The number of hydrogen-bond donors (Lipinski definition) is 0. The molecule has 1 aliphatic rings. The first kappa shape index (κ1) is 6.26. The first-order valence-corrected chi connectivity index (χ1v) is 4.13. The molecule has 46 valence electrons. The van der Waals surface area contributed by atoms with E-state index in [-0.39, 0.29) is 0 Å². The van der Waals surface area contributed by atoms with E-state index in [9.17, 15) is 0 Å². The molecule has 1 heterocycles. The minimum atomic E-state index is 0.568. The SMILES string of the molecule is C1CCOO[Si]CC1. The summed E-state index contributed by atoms with van der Waals surface area (Å²) in [4.78, 5) is 4.79. The van der Waals surface area contributed by atoms with Crippen LogP contribution in [0, 0.1) is 0 Å². The lowest BCUT2D eigenvalue weighted by Gasteiger charge is -2.06. The summed E-state index contributed by atoms with van der Waals surface area (Å²) >= 11 is 0. The molecule has 0 unspecified atom stereocenters. The second-order valence-corrected chi connectivity index (χ2v) is 2.82. The van der Waals surface area contributed by atoms with Gasteiger partial charge in [0.15, 0.2) is 0 Å². The normalized spacial score (nSPS) is 24.0. The van der Waals surface area contributed by atoms with Crippen LogP contribution in [0.1, 0.15) is 19.3 Å². The van der Waals surface area contributed by atoms with Crippen molar-refractivity contribution in [2.45, 2.75) is 25.3 Å². The zero-order valence-corrected chi connectivity index (χ0v) is 5.85. The Hall–Kier alpha value is 0.137. The van der Waals surface area contributed by atoms with Gasteiger partial charge in [-0.25, -0.2) is 4.89 Å². The van der Waals surface area contributed by atoms with E-state index in [2.05, 4.69) is 0 Å². The van der Waals surface area contributed by atoms with Crippen molar-refractivity contribution in [2.75, 3.05) is 6.61 Å². The Kier molecular flexibility index (Phi) is 3.18. The monoisotopic (exact) mass is 130 g/mol. The minimum absolute atomic E-state index is 0.568. The van der Waals surface area contributed by atoms with Crippen molar-refractivity contribution in [1.82, 2.24) is 0 Å². The predicted octanol–water partition coefficient (Wildman–Crippen LogP) is 1.16. The molecule has 0 saturated carbocycles. The molecule has 2 nitrogen and oxygen atoms in total. The maximum Gasteiger partial charge on any atom is 0.282 e. The van der Waals surface area contributed by atoms with Crippen LogP contribution in [0.15, 0.2) is 0 Å². The van der Waals surface area contributed by atoms with Gasteiger partial charge in [-0.2, -0.15) is 0 Å². The fraction of sp³-hybridized carbons (Fsp3) is 1.00. The molecule has 8 heavy (non-hydrogen) atoms. The fourth-order valence-corrected chi connectivity index (χ4v) is 1.30. The molecule has 3 heteroatoms. The van der Waals surface area contributed by atoms with Gasteiger partial charge in [-0.3, -0.25) is 4.58 Å². The van der Waals surface area contributed by atoms with Crippen LogP contribution in [0.4, 0.5) is 0 Å². The standard InChI is InChI=1S/C5H10O2Si/c1-2-4-6-7-8-5-3-1/h1-5H2. The Bertz CT molecular complexity index is 34.4. The van der Waals surface area contributed by atoms with Gasteiger partial charge in [0.05, 0.1) is 6.61 Å². The maximum atomic E-state index is 4.80. The highest BCUT2D eigenvalue weighted by Crippen LogP contribution is 2.03. The summed E-state index contributed by atoms with van der Waals surface area (Å²) in [6.45, 7) is 0.785. The second kappa shape index (κ2) is 4.06. The lowest BCUT2D eigenvalue weighted by atomic mass is 10.3. The van der Waals surface area contributed by atoms with Crippen molar-refractivity contribution in [2.24, 2.45) is 0 Å². The first-order chi connectivity index (χ1) is 4.00. The molecular formula is C5H10O2Si. The molecular weight excluding hydrogens is 120 g/mol. The van der Waals surface area contributed by atoms with E-state index in [0.717, 1.165) is 13.0 Å². The van der Waals surface area contributed by atoms with Gasteiger partial charge in [0.25, 0.3) is 9.76 Å². The summed E-state index contributed by atoms with van der Waals surface area (Å²) in [5.41, 5.74) is 0. The fourth-order valence-electron chi connectivity index (χ4n) is 0.660. The van der Waals surface area contributed by atoms with E-state index in [1.165, 1.54) is 18.9 Å². The van der Waals surface area contributed by atoms with Crippen molar-refractivity contribution >= 4 is 9.76 Å². The topological polar surface area (TPSA) is 18.5 Å². The zero-order chi connectivity index (χ0) is 5.66. The van der Waals surface area contributed by atoms with E-state index in [1.54, 1.807) is 0 Å². The van der Waals surface area contributed by atoms with Gasteiger partial charge in [0, 0.05) is 0 Å². The molecule has 0 aliphatic carbocycles. The quantitative estimate of drug-likeness (QED) is 0.362. The van der Waals surface area contributed by atoms with Crippen LogP contribution in [0.25, 0.3) is 0 Å². The van der Waals surface area contributed by atoms with E-state index in [0.29, 0.717) is 9.76 Å². The summed E-state index contributed by atoms with van der Waals surface area (Å²) in [5.74, 6) is 0. The van der Waals surface area contributed by atoms with Crippen molar-refractivity contribution in [3.63, 3.8) is 0 Å². The molecule has 0 aromatic carbocycles. The molecule has 1 saturated heterocycles. The third kappa shape index (κ3) is 2.45. The van der Waals surface area contributed by atoms with Gasteiger partial charge in [0.2, 0.25) is 0 Å². The molecule has 1 fully saturated rings. The highest BCUT2D eigenvalue weighted by Gasteiger charge is 1.98. The van der Waals surface area contributed by atoms with Gasteiger partial charge in [0.1, 0.15) is 0 Å². The van der Waals surface area contributed by atoms with Crippen LogP contribution >= 0.6 is 0 Å². The Morgan fingerprint density at radius 1 is 1.12 bits per heavy atom. The first-order valence-electron chi connectivity index (χ1n) is 3.01. The van der Waals surface area contributed by atoms with E-state index in [1.807, 2.05) is 0 Å². The second-order valence-electron chi connectivity index (χ2n) is 1.86. The van der Waals surface area contributed by atoms with E-state index >= 15 is 0 Å². The molecule has 1 aliphatic heterocycles. The van der Waals surface area contributed by atoms with Crippen LogP contribution in [-0.2, 0) is 9.46 Å². The molecule has 0 bridgehead atoms. The van der Waals surface area contributed by atoms with Gasteiger partial charge in [-0.05, 0) is 12.5 Å². The molecule has 2 radical (unpaired) electrons. The van der Waals surface area contributed by atoms with Gasteiger partial charge < -0.3 is 0 Å². The molecule has 0 amide bonds. The summed E-state index contributed by atoms with van der Waals surface area (Å²) < 4.78 is 4.80. The van der Waals surface area contributed by atoms with Crippen LogP contribution in [0.3, 0.4) is 0 Å². The molecule has 0 N–H and O–H groups in total. The van der Waals surface area contributed by atoms with Crippen LogP contribution in [-0.4, -0.2) is 16.4 Å². The number of rotatable bonds is 0. The van der Waals surface area contributed by atoms with Gasteiger partial charge >= 0.3 is 0 Å². The Morgan fingerprint density at radius 2 is 2.12 bits per heavy atom. The van der Waals surface area contributed by atoms with Crippen LogP contribution in [0.2, 0.25) is 6.04 Å². The van der Waals surface area contributed by atoms with Gasteiger partial charge in [-0.15, -0.1) is 0 Å². The van der Waals surface area contributed by atoms with Crippen molar-refractivity contribution in [3.05, 3.63) is 0 Å². The average molecular weight is 130 g/mol. The summed E-state index contributed by atoms with van der Waals surface area (Å²) in [5, 5.41) is 0. The summed E-state index contributed by atoms with van der Waals surface area (Å²) in [6, 6.07) is 1.18. The van der Waals surface area contributed by atoms with Crippen LogP contribution < -0.4 is 0 Å². The van der Waals surface area contributed by atoms with E-state index in [4.69, 9.17) is 9.46 Å². The lowest BCUT2D eigenvalue weighted by molar-refractivity contribution is -0.210. The molecule has 1 rings (SSSR count). The lowest BCUT2D eigenvalue weighted by Crippen LogP contribution is -2.04.